The zero-order valence-electron chi connectivity index (χ0n) is 33.6. The van der Waals surface area contributed by atoms with Crippen molar-refractivity contribution in [1.82, 2.24) is 30.6 Å². The van der Waals surface area contributed by atoms with Crippen LogP contribution in [0.5, 0.6) is 0 Å². The normalized spacial score (nSPS) is 14.3. The van der Waals surface area contributed by atoms with E-state index in [1.807, 2.05) is 39.8 Å². The fourth-order valence-electron chi connectivity index (χ4n) is 6.17. The number of hydrogen-bond donors (Lipinski definition) is 4. The van der Waals surface area contributed by atoms with Crippen LogP contribution in [-0.4, -0.2) is 80.8 Å². The van der Waals surface area contributed by atoms with Gasteiger partial charge in [-0.05, 0) is 90.8 Å². The maximum atomic E-state index is 13.1. The first-order valence-electron chi connectivity index (χ1n) is 19.0. The van der Waals surface area contributed by atoms with Crippen LogP contribution in [0.15, 0.2) is 59.0 Å². The predicted molar refractivity (Wildman–Crippen MR) is 236 cm³/mol. The third kappa shape index (κ3) is 11.7. The summed E-state index contributed by atoms with van der Waals surface area (Å²) in [6, 6.07) is 10.6. The standard InChI is InChI=1S/C40H46Cl4N12O3/c1-23-27(35(57)50-33-11-16-55(53-33)25-7-9-29(41)31(43)19-25)21-46-37(48-23)45-15-13-40(5,6)59-18-14-39(3,4)52-38-47-22-28(24(2)49-38)36(58)51-34-12-17-56(54-34)26-8-10-30(42)32(44)20-26/h7-10,19-22H,11-18H2,1-6H3,(H,45,46,48)(H,47,49,52)(H,50,53,57)(H,51,54,58). The van der Waals surface area contributed by atoms with Crippen molar-refractivity contribution < 1.29 is 14.3 Å². The van der Waals surface area contributed by atoms with Gasteiger partial charge >= 0.3 is 0 Å². The van der Waals surface area contributed by atoms with E-state index in [0.717, 1.165) is 11.4 Å². The highest BCUT2D eigenvalue weighted by Crippen LogP contribution is 2.30. The van der Waals surface area contributed by atoms with Crippen LogP contribution in [-0.2, 0) is 4.74 Å². The van der Waals surface area contributed by atoms with E-state index in [1.54, 1.807) is 48.1 Å². The van der Waals surface area contributed by atoms with Crippen LogP contribution in [0.2, 0.25) is 20.1 Å². The number of hydrazone groups is 2. The molecule has 312 valence electrons. The van der Waals surface area contributed by atoms with E-state index in [0.29, 0.717) is 118 Å². The van der Waals surface area contributed by atoms with E-state index in [-0.39, 0.29) is 11.8 Å². The van der Waals surface area contributed by atoms with Gasteiger partial charge in [-0.3, -0.25) is 19.6 Å². The second kappa shape index (κ2) is 18.6. The molecule has 2 aromatic heterocycles. The third-order valence-corrected chi connectivity index (χ3v) is 11.1. The minimum Gasteiger partial charge on any atom is -0.375 e. The average molecular weight is 885 g/mol. The Kier molecular flexibility index (Phi) is 13.8. The van der Waals surface area contributed by atoms with Crippen LogP contribution >= 0.6 is 46.4 Å². The largest absolute Gasteiger partial charge is 0.375 e. The number of hydrogen-bond acceptors (Lipinski definition) is 13. The van der Waals surface area contributed by atoms with Gasteiger partial charge in [-0.15, -0.1) is 0 Å². The molecule has 19 heteroatoms. The fraction of sp³-hybridized carbons (Fsp3) is 0.400. The molecule has 0 saturated heterocycles. The van der Waals surface area contributed by atoms with Gasteiger partial charge in [0.05, 0.1) is 59.6 Å². The number of aryl methyl sites for hydroxylation is 2. The molecule has 6 rings (SSSR count). The lowest BCUT2D eigenvalue weighted by Crippen LogP contribution is -2.36. The lowest BCUT2D eigenvalue weighted by Gasteiger charge is -2.30. The molecule has 0 atom stereocenters. The predicted octanol–water partition coefficient (Wildman–Crippen LogP) is 8.28. The number of rotatable bonds is 14. The Labute approximate surface area is 363 Å². The summed E-state index contributed by atoms with van der Waals surface area (Å²) in [7, 11) is 0. The number of carbonyl (C=O) groups is 2. The zero-order valence-corrected chi connectivity index (χ0v) is 36.6. The minimum absolute atomic E-state index is 0.331. The molecule has 0 unspecified atom stereocenters. The number of nitrogens with one attached hydrogen (secondary N) is 4. The molecule has 2 amide bonds. The van der Waals surface area contributed by atoms with Gasteiger partial charge in [-0.25, -0.2) is 19.9 Å². The summed E-state index contributed by atoms with van der Waals surface area (Å²) in [5.74, 6) is 1.24. The van der Waals surface area contributed by atoms with Gasteiger partial charge in [-0.2, -0.15) is 10.2 Å². The molecule has 59 heavy (non-hydrogen) atoms. The van der Waals surface area contributed by atoms with Gasteiger partial charge in [0.2, 0.25) is 11.9 Å². The molecule has 0 spiro atoms. The maximum Gasteiger partial charge on any atom is 0.260 e. The van der Waals surface area contributed by atoms with E-state index < -0.39 is 11.1 Å². The Bertz CT molecular complexity index is 2290. The highest BCUT2D eigenvalue weighted by atomic mass is 35.5. The molecule has 4 heterocycles. The summed E-state index contributed by atoms with van der Waals surface area (Å²) in [5.41, 5.74) is 2.49. The molecule has 2 aliphatic heterocycles. The molecule has 2 aliphatic rings. The Morgan fingerprint density at radius 2 is 1.20 bits per heavy atom. The molecule has 2 aromatic carbocycles. The lowest BCUT2D eigenvalue weighted by molar-refractivity contribution is -0.0259. The van der Waals surface area contributed by atoms with E-state index in [4.69, 9.17) is 51.1 Å². The summed E-state index contributed by atoms with van der Waals surface area (Å²) in [6.45, 7) is 13.9. The number of amidine groups is 2. The van der Waals surface area contributed by atoms with Crippen molar-refractivity contribution >= 4 is 93.2 Å². The molecule has 4 N–H and O–H groups in total. The second-order valence-corrected chi connectivity index (χ2v) is 17.0. The van der Waals surface area contributed by atoms with Gasteiger partial charge in [0.25, 0.3) is 11.8 Å². The number of amides is 2. The van der Waals surface area contributed by atoms with Crippen molar-refractivity contribution in [2.75, 3.05) is 46.9 Å². The summed E-state index contributed by atoms with van der Waals surface area (Å²) in [5, 5.41) is 26.7. The molecule has 0 aliphatic carbocycles. The van der Waals surface area contributed by atoms with Gasteiger partial charge in [0.1, 0.15) is 11.7 Å². The zero-order chi connectivity index (χ0) is 42.5. The van der Waals surface area contributed by atoms with Crippen molar-refractivity contribution in [3.8, 4) is 0 Å². The second-order valence-electron chi connectivity index (χ2n) is 15.4. The van der Waals surface area contributed by atoms with Crippen molar-refractivity contribution in [3.05, 3.63) is 91.4 Å². The number of carbonyl (C=O) groups excluding carboxylic acids is 2. The first-order valence-corrected chi connectivity index (χ1v) is 20.5. The van der Waals surface area contributed by atoms with Gasteiger partial charge in [-0.1, -0.05) is 46.4 Å². The van der Waals surface area contributed by atoms with Crippen molar-refractivity contribution in [2.24, 2.45) is 10.2 Å². The van der Waals surface area contributed by atoms with Crippen molar-refractivity contribution in [2.45, 2.75) is 78.4 Å². The number of anilines is 4. The smallest absolute Gasteiger partial charge is 0.260 e. The van der Waals surface area contributed by atoms with E-state index in [1.165, 1.54) is 12.4 Å². The monoisotopic (exact) mass is 882 g/mol. The molecular weight excluding hydrogens is 838 g/mol. The minimum atomic E-state index is -0.449. The molecule has 4 aromatic rings. The van der Waals surface area contributed by atoms with E-state index in [9.17, 15) is 9.59 Å². The highest BCUT2D eigenvalue weighted by molar-refractivity contribution is 6.42. The number of benzene rings is 2. The van der Waals surface area contributed by atoms with Crippen LogP contribution in [0.3, 0.4) is 0 Å². The average Bonchev–Trinajstić information content (AvgIpc) is 3.83. The quantitative estimate of drug-likeness (QED) is 0.0960. The third-order valence-electron chi connectivity index (χ3n) is 9.65. The van der Waals surface area contributed by atoms with Gasteiger partial charge < -0.3 is 26.0 Å². The number of nitrogens with zero attached hydrogens (tertiary/aromatic N) is 8. The summed E-state index contributed by atoms with van der Waals surface area (Å²) < 4.78 is 6.29. The Morgan fingerprint density at radius 1 is 0.712 bits per heavy atom. The number of halogens is 4. The maximum absolute atomic E-state index is 13.1. The molecule has 15 nitrogen and oxygen atoms in total. The molecule has 0 fully saturated rings. The van der Waals surface area contributed by atoms with Crippen LogP contribution < -0.4 is 31.3 Å². The SMILES string of the molecule is Cc1nc(NCCC(C)(C)OCCC(C)(C)Nc2ncc(C(=O)NC3=NN(c4ccc(Cl)c(Cl)c4)CC3)c(C)n2)ncc1C(=O)NC1=NN(c2ccc(Cl)c(Cl)c2)CC1. The topological polar surface area (TPSA) is 174 Å². The van der Waals surface area contributed by atoms with Crippen molar-refractivity contribution in [1.29, 1.82) is 0 Å². The Morgan fingerprint density at radius 3 is 1.69 bits per heavy atom. The van der Waals surface area contributed by atoms with Gasteiger partial charge in [0, 0.05) is 57.0 Å². The van der Waals surface area contributed by atoms with E-state index in [2.05, 4.69) is 51.4 Å². The fourth-order valence-corrected chi connectivity index (χ4v) is 6.76. The van der Waals surface area contributed by atoms with Crippen molar-refractivity contribution in [3.63, 3.8) is 0 Å². The van der Waals surface area contributed by atoms with Crippen LogP contribution in [0, 0.1) is 13.8 Å². The first-order chi connectivity index (χ1) is 27.9. The molecule has 0 radical (unpaired) electrons. The Balaban J connectivity index is 0.920. The van der Waals surface area contributed by atoms with Crippen LogP contribution in [0.1, 0.15) is 85.5 Å². The summed E-state index contributed by atoms with van der Waals surface area (Å²) in [6.07, 6.45) is 5.48. The summed E-state index contributed by atoms with van der Waals surface area (Å²) in [4.78, 5) is 44.0. The first kappa shape index (κ1) is 43.8. The highest BCUT2D eigenvalue weighted by Gasteiger charge is 2.26. The number of aromatic nitrogens is 4. The van der Waals surface area contributed by atoms with Gasteiger partial charge in [0.15, 0.2) is 0 Å². The van der Waals surface area contributed by atoms with Crippen LogP contribution in [0.25, 0.3) is 0 Å². The molecule has 0 bridgehead atoms. The molecule has 0 saturated carbocycles. The van der Waals surface area contributed by atoms with E-state index >= 15 is 0 Å². The summed E-state index contributed by atoms with van der Waals surface area (Å²) >= 11 is 24.4. The lowest BCUT2D eigenvalue weighted by atomic mass is 10.0. The number of ether oxygens (including phenoxy) is 1. The van der Waals surface area contributed by atoms with Crippen LogP contribution in [0.4, 0.5) is 23.3 Å². The molecular formula is C40H46Cl4N12O3. The Hall–Kier alpha value is -4.80.